The van der Waals surface area contributed by atoms with Crippen LogP contribution in [0.25, 0.3) is 0 Å². The second-order valence-corrected chi connectivity index (χ2v) is 6.85. The van der Waals surface area contributed by atoms with Gasteiger partial charge >= 0.3 is 11.8 Å². The fourth-order valence-electron chi connectivity index (χ4n) is 2.36. The zero-order valence-electron chi connectivity index (χ0n) is 14.9. The number of aryl methyl sites for hydroxylation is 1. The number of nitrogens with zero attached hydrogens (tertiary/aromatic N) is 1. The van der Waals surface area contributed by atoms with E-state index in [0.717, 1.165) is 17.1 Å². The van der Waals surface area contributed by atoms with Crippen LogP contribution in [0.1, 0.15) is 18.9 Å². The smallest absolute Gasteiger partial charge is 0.313 e. The first-order valence-corrected chi connectivity index (χ1v) is 9.54. The summed E-state index contributed by atoms with van der Waals surface area (Å²) >= 11 is 1.68. The molecule has 0 fully saturated rings. The molecule has 0 saturated heterocycles. The molecule has 0 saturated carbocycles. The lowest BCUT2D eigenvalue weighted by Crippen LogP contribution is -2.36. The van der Waals surface area contributed by atoms with Gasteiger partial charge in [-0.3, -0.25) is 19.7 Å². The van der Waals surface area contributed by atoms with E-state index in [2.05, 4.69) is 10.6 Å². The van der Waals surface area contributed by atoms with E-state index in [1.165, 1.54) is 6.07 Å². The van der Waals surface area contributed by atoms with Crippen LogP contribution in [-0.4, -0.2) is 29.0 Å². The van der Waals surface area contributed by atoms with Crippen LogP contribution in [0.2, 0.25) is 0 Å². The Balaban J connectivity index is 1.77. The van der Waals surface area contributed by atoms with Crippen LogP contribution in [-0.2, 0) is 16.0 Å². The molecule has 0 spiro atoms. The summed E-state index contributed by atoms with van der Waals surface area (Å²) in [6.07, 6.45) is 1.22. The quantitative estimate of drug-likeness (QED) is 0.238. The van der Waals surface area contributed by atoms with Gasteiger partial charge in [-0.1, -0.05) is 31.2 Å². The van der Waals surface area contributed by atoms with E-state index >= 15 is 0 Å². The molecule has 142 valence electrons. The summed E-state index contributed by atoms with van der Waals surface area (Å²) < 4.78 is 0. The first-order chi connectivity index (χ1) is 13.0. The lowest BCUT2D eigenvalue weighted by atomic mass is 10.1. The normalized spacial score (nSPS) is 10.3. The SMILES string of the molecule is CCc1ccc(NC(=O)C(=O)NCCCSc2ccccc2)cc1[N+](=O)[O-]. The summed E-state index contributed by atoms with van der Waals surface area (Å²) in [5.74, 6) is -0.789. The number of hydrogen-bond donors (Lipinski definition) is 2. The lowest BCUT2D eigenvalue weighted by Gasteiger charge is -2.08. The van der Waals surface area contributed by atoms with Crippen molar-refractivity contribution in [3.05, 3.63) is 64.2 Å². The predicted octanol–water partition coefficient (Wildman–Crippen LogP) is 3.39. The third kappa shape index (κ3) is 6.41. The van der Waals surface area contributed by atoms with Crippen LogP contribution >= 0.6 is 11.8 Å². The summed E-state index contributed by atoms with van der Waals surface area (Å²) in [5.41, 5.74) is 0.714. The Kier molecular flexibility index (Phi) is 7.81. The molecule has 2 aromatic rings. The number of benzene rings is 2. The number of amides is 2. The molecule has 0 bridgehead atoms. The molecule has 0 radical (unpaired) electrons. The van der Waals surface area contributed by atoms with Crippen LogP contribution in [0.4, 0.5) is 11.4 Å². The van der Waals surface area contributed by atoms with E-state index in [1.807, 2.05) is 37.3 Å². The minimum Gasteiger partial charge on any atom is -0.348 e. The zero-order chi connectivity index (χ0) is 19.6. The van der Waals surface area contributed by atoms with Crippen molar-refractivity contribution in [3.63, 3.8) is 0 Å². The number of nitro groups is 1. The monoisotopic (exact) mass is 387 g/mol. The highest BCUT2D eigenvalue weighted by Gasteiger charge is 2.17. The van der Waals surface area contributed by atoms with Crippen molar-refractivity contribution in [1.29, 1.82) is 0 Å². The highest BCUT2D eigenvalue weighted by atomic mass is 32.2. The second kappa shape index (κ2) is 10.3. The first-order valence-electron chi connectivity index (χ1n) is 8.55. The Labute approximate surface area is 161 Å². The number of rotatable bonds is 8. The Morgan fingerprint density at radius 1 is 1.11 bits per heavy atom. The fraction of sp³-hybridized carbons (Fsp3) is 0.263. The van der Waals surface area contributed by atoms with Crippen LogP contribution in [0.3, 0.4) is 0 Å². The largest absolute Gasteiger partial charge is 0.348 e. The van der Waals surface area contributed by atoms with Crippen molar-refractivity contribution in [2.75, 3.05) is 17.6 Å². The zero-order valence-corrected chi connectivity index (χ0v) is 15.8. The van der Waals surface area contributed by atoms with Gasteiger partial charge in [0.2, 0.25) is 0 Å². The number of nitro benzene ring substituents is 1. The first kappa shape index (κ1) is 20.4. The third-order valence-corrected chi connectivity index (χ3v) is 4.84. The minimum absolute atomic E-state index is 0.0753. The number of carbonyl (C=O) groups excluding carboxylic acids is 2. The predicted molar refractivity (Wildman–Crippen MR) is 106 cm³/mol. The summed E-state index contributed by atoms with van der Waals surface area (Å²) in [4.78, 5) is 35.5. The number of hydrogen-bond acceptors (Lipinski definition) is 5. The van der Waals surface area contributed by atoms with Crippen molar-refractivity contribution in [3.8, 4) is 0 Å². The van der Waals surface area contributed by atoms with Gasteiger partial charge in [-0.2, -0.15) is 0 Å². The van der Waals surface area contributed by atoms with Gasteiger partial charge in [0.05, 0.1) is 4.92 Å². The van der Waals surface area contributed by atoms with Crippen LogP contribution < -0.4 is 10.6 Å². The molecule has 0 aromatic heterocycles. The summed E-state index contributed by atoms with van der Waals surface area (Å²) in [6, 6.07) is 14.3. The molecule has 0 atom stereocenters. The lowest BCUT2D eigenvalue weighted by molar-refractivity contribution is -0.385. The maximum Gasteiger partial charge on any atom is 0.313 e. The molecule has 0 unspecified atom stereocenters. The van der Waals surface area contributed by atoms with E-state index < -0.39 is 16.7 Å². The molecule has 7 nitrogen and oxygen atoms in total. The Morgan fingerprint density at radius 3 is 2.52 bits per heavy atom. The van der Waals surface area contributed by atoms with E-state index in [-0.39, 0.29) is 11.4 Å². The van der Waals surface area contributed by atoms with Gasteiger partial charge in [0.25, 0.3) is 5.69 Å². The number of nitrogens with one attached hydrogen (secondary N) is 2. The van der Waals surface area contributed by atoms with Gasteiger partial charge in [-0.25, -0.2) is 0 Å². The molecule has 2 amide bonds. The number of thioether (sulfide) groups is 1. The van der Waals surface area contributed by atoms with E-state index in [0.29, 0.717) is 18.5 Å². The molecule has 27 heavy (non-hydrogen) atoms. The molecule has 8 heteroatoms. The molecular weight excluding hydrogens is 366 g/mol. The van der Waals surface area contributed by atoms with Gasteiger partial charge < -0.3 is 10.6 Å². The Hall–Kier alpha value is -2.87. The molecule has 0 heterocycles. The minimum atomic E-state index is -0.843. The van der Waals surface area contributed by atoms with Gasteiger partial charge in [0.1, 0.15) is 0 Å². The highest BCUT2D eigenvalue weighted by Crippen LogP contribution is 2.23. The molecule has 2 aromatic carbocycles. The Morgan fingerprint density at radius 2 is 1.85 bits per heavy atom. The number of carbonyl (C=O) groups is 2. The van der Waals surface area contributed by atoms with Crippen LogP contribution in [0, 0.1) is 10.1 Å². The third-order valence-electron chi connectivity index (χ3n) is 3.75. The second-order valence-electron chi connectivity index (χ2n) is 5.68. The summed E-state index contributed by atoms with van der Waals surface area (Å²) in [7, 11) is 0. The maximum atomic E-state index is 11.9. The van der Waals surface area contributed by atoms with Crippen LogP contribution in [0.5, 0.6) is 0 Å². The van der Waals surface area contributed by atoms with Crippen molar-refractivity contribution in [2.24, 2.45) is 0 Å². The van der Waals surface area contributed by atoms with Gasteiger partial charge in [0, 0.05) is 28.8 Å². The average molecular weight is 387 g/mol. The maximum absolute atomic E-state index is 11.9. The average Bonchev–Trinajstić information content (AvgIpc) is 2.68. The van der Waals surface area contributed by atoms with Crippen molar-refractivity contribution < 1.29 is 14.5 Å². The van der Waals surface area contributed by atoms with Gasteiger partial charge in [-0.15, -0.1) is 11.8 Å². The van der Waals surface area contributed by atoms with Crippen molar-refractivity contribution in [1.82, 2.24) is 5.32 Å². The van der Waals surface area contributed by atoms with E-state index in [4.69, 9.17) is 0 Å². The summed E-state index contributed by atoms with van der Waals surface area (Å²) in [5, 5.41) is 16.0. The van der Waals surface area contributed by atoms with Gasteiger partial charge in [-0.05, 0) is 36.8 Å². The Bertz CT molecular complexity index is 812. The topological polar surface area (TPSA) is 101 Å². The summed E-state index contributed by atoms with van der Waals surface area (Å²) in [6.45, 7) is 2.19. The highest BCUT2D eigenvalue weighted by molar-refractivity contribution is 7.99. The van der Waals surface area contributed by atoms with E-state index in [1.54, 1.807) is 23.9 Å². The van der Waals surface area contributed by atoms with Crippen LogP contribution in [0.15, 0.2) is 53.4 Å². The molecule has 0 aliphatic heterocycles. The van der Waals surface area contributed by atoms with Crippen molar-refractivity contribution >= 4 is 35.0 Å². The molecular formula is C19H21N3O4S. The molecule has 0 aliphatic carbocycles. The molecule has 2 rings (SSSR count). The number of anilines is 1. The molecule has 2 N–H and O–H groups in total. The fourth-order valence-corrected chi connectivity index (χ4v) is 3.23. The van der Waals surface area contributed by atoms with E-state index in [9.17, 15) is 19.7 Å². The standard InChI is InChI=1S/C19H21N3O4S/c1-2-14-9-10-15(13-17(14)22(25)26)21-19(24)18(23)20-11-6-12-27-16-7-4-3-5-8-16/h3-5,7-10,13H,2,6,11-12H2,1H3,(H,20,23)(H,21,24). The van der Waals surface area contributed by atoms with Crippen molar-refractivity contribution in [2.45, 2.75) is 24.7 Å². The van der Waals surface area contributed by atoms with Gasteiger partial charge in [0.15, 0.2) is 0 Å². The molecule has 0 aliphatic rings.